The molecule has 7 rings (SSSR count). The van der Waals surface area contributed by atoms with Crippen LogP contribution in [0.3, 0.4) is 0 Å². The summed E-state index contributed by atoms with van der Waals surface area (Å²) in [5, 5.41) is 4.52. The molecule has 0 spiro atoms. The van der Waals surface area contributed by atoms with Crippen LogP contribution in [0.1, 0.15) is 13.8 Å². The lowest BCUT2D eigenvalue weighted by Crippen LogP contribution is -2.30. The second kappa shape index (κ2) is 7.76. The van der Waals surface area contributed by atoms with Crippen LogP contribution in [-0.2, 0) is 0 Å². The van der Waals surface area contributed by atoms with Gasteiger partial charge in [-0.15, -0.1) is 0 Å². The molecule has 3 nitrogen and oxygen atoms in total. The smallest absolute Gasteiger partial charge is 0.235 e. The molecule has 0 aliphatic heterocycles. The van der Waals surface area contributed by atoms with Crippen LogP contribution in [0.25, 0.3) is 62.3 Å². The van der Waals surface area contributed by atoms with Crippen LogP contribution in [0, 0.1) is 5.41 Å². The van der Waals surface area contributed by atoms with Crippen molar-refractivity contribution < 1.29 is 0 Å². The first-order valence-electron chi connectivity index (χ1n) is 12.4. The first-order chi connectivity index (χ1) is 17.6. The number of benzene rings is 4. The molecule has 0 saturated heterocycles. The zero-order valence-electron chi connectivity index (χ0n) is 20.3. The number of fused-ring (bicyclic) bond motifs is 4. The maximum Gasteiger partial charge on any atom is 0.235 e. The zero-order chi connectivity index (χ0) is 24.3. The fourth-order valence-corrected chi connectivity index (χ4v) is 5.40. The molecule has 0 saturated carbocycles. The van der Waals surface area contributed by atoms with Crippen LogP contribution >= 0.6 is 0 Å². The van der Waals surface area contributed by atoms with Gasteiger partial charge in [-0.05, 0) is 29.3 Å². The molecule has 0 radical (unpaired) electrons. The van der Waals surface area contributed by atoms with Crippen LogP contribution in [0.4, 0.5) is 0 Å². The third kappa shape index (κ3) is 3.28. The number of hydrogen-bond donors (Lipinski definition) is 0. The molecule has 3 heteroatoms. The summed E-state index contributed by atoms with van der Waals surface area (Å²) in [5.41, 5.74) is 6.63. The molecule has 2 heterocycles. The molecule has 0 fully saturated rings. The van der Waals surface area contributed by atoms with Crippen molar-refractivity contribution in [3.8, 4) is 28.3 Å². The number of para-hydroxylation sites is 2. The van der Waals surface area contributed by atoms with Gasteiger partial charge in [-0.3, -0.25) is 4.57 Å². The fraction of sp³-hybridized carbons (Fsp3) is 0.0909. The van der Waals surface area contributed by atoms with Gasteiger partial charge < -0.3 is 0 Å². The lowest BCUT2D eigenvalue weighted by atomic mass is 9.95. The number of rotatable bonds is 3. The van der Waals surface area contributed by atoms with Crippen LogP contribution in [0.2, 0.25) is 0 Å². The van der Waals surface area contributed by atoms with Gasteiger partial charge in [0, 0.05) is 27.0 Å². The van der Waals surface area contributed by atoms with Crippen molar-refractivity contribution in [2.45, 2.75) is 13.8 Å². The molecule has 2 aromatic heterocycles. The van der Waals surface area contributed by atoms with Gasteiger partial charge in [0.15, 0.2) is 0 Å². The molecule has 0 atom stereocenters. The van der Waals surface area contributed by atoms with E-state index in [1.165, 1.54) is 21.9 Å². The SMILES string of the molecule is CC1(C)C=c2nc(-n3c4ccccc4c4ccccc43)nc(-c3ccc(-c4ccccc4)cc3)c2=C1. The Morgan fingerprint density at radius 3 is 1.78 bits per heavy atom. The van der Waals surface area contributed by atoms with E-state index >= 15 is 0 Å². The quantitative estimate of drug-likeness (QED) is 0.300. The van der Waals surface area contributed by atoms with Gasteiger partial charge in [0.25, 0.3) is 0 Å². The highest BCUT2D eigenvalue weighted by molar-refractivity contribution is 6.08. The largest absolute Gasteiger partial charge is 0.278 e. The summed E-state index contributed by atoms with van der Waals surface area (Å²) in [7, 11) is 0. The Labute approximate surface area is 209 Å². The molecule has 6 aromatic rings. The third-order valence-corrected chi connectivity index (χ3v) is 7.03. The predicted octanol–water partition coefficient (Wildman–Crippen LogP) is 6.51. The van der Waals surface area contributed by atoms with E-state index in [2.05, 4.69) is 128 Å². The molecular formula is C33H25N3. The molecule has 172 valence electrons. The topological polar surface area (TPSA) is 30.7 Å². The minimum absolute atomic E-state index is 0.0742. The summed E-state index contributed by atoms with van der Waals surface area (Å²) in [6, 6.07) is 36.2. The highest BCUT2D eigenvalue weighted by atomic mass is 15.2. The van der Waals surface area contributed by atoms with E-state index in [9.17, 15) is 0 Å². The summed E-state index contributed by atoms with van der Waals surface area (Å²) >= 11 is 0. The lowest BCUT2D eigenvalue weighted by Gasteiger charge is -2.10. The standard InChI is InChI=1S/C33H25N3/c1-33(2)20-27-28(21-33)34-32(36-29-14-8-6-12-25(29)26-13-7-9-15-30(26)36)35-31(27)24-18-16-23(17-19-24)22-10-4-3-5-11-22/h3-21H,1-2H3. The van der Waals surface area contributed by atoms with Gasteiger partial charge >= 0.3 is 0 Å². The summed E-state index contributed by atoms with van der Waals surface area (Å²) in [5.74, 6) is 0.704. The monoisotopic (exact) mass is 463 g/mol. The van der Waals surface area contributed by atoms with Gasteiger partial charge in [-0.25, -0.2) is 9.97 Å². The Balaban J connectivity index is 1.49. The molecule has 1 aliphatic rings. The van der Waals surface area contributed by atoms with Crippen molar-refractivity contribution in [3.05, 3.63) is 114 Å². The normalized spacial score (nSPS) is 13.9. The Bertz CT molecular complexity index is 1840. The van der Waals surface area contributed by atoms with E-state index in [-0.39, 0.29) is 5.41 Å². The Kier molecular flexibility index (Phi) is 4.49. The van der Waals surface area contributed by atoms with Gasteiger partial charge in [0.05, 0.1) is 22.1 Å². The number of aromatic nitrogens is 3. The molecule has 0 N–H and O–H groups in total. The van der Waals surface area contributed by atoms with Crippen LogP contribution < -0.4 is 10.6 Å². The van der Waals surface area contributed by atoms with Crippen molar-refractivity contribution in [1.29, 1.82) is 0 Å². The van der Waals surface area contributed by atoms with Crippen LogP contribution in [-0.4, -0.2) is 14.5 Å². The molecular weight excluding hydrogens is 438 g/mol. The summed E-state index contributed by atoms with van der Waals surface area (Å²) in [6.07, 6.45) is 4.54. The highest BCUT2D eigenvalue weighted by Gasteiger charge is 2.22. The highest BCUT2D eigenvalue weighted by Crippen LogP contribution is 2.31. The van der Waals surface area contributed by atoms with Crippen molar-refractivity contribution in [1.82, 2.24) is 14.5 Å². The van der Waals surface area contributed by atoms with Crippen molar-refractivity contribution in [2.24, 2.45) is 5.41 Å². The minimum Gasteiger partial charge on any atom is -0.278 e. The maximum atomic E-state index is 5.23. The van der Waals surface area contributed by atoms with Gasteiger partial charge in [-0.2, -0.15) is 0 Å². The Hall–Kier alpha value is -4.50. The summed E-state index contributed by atoms with van der Waals surface area (Å²) < 4.78 is 2.20. The van der Waals surface area contributed by atoms with Gasteiger partial charge in [0.1, 0.15) is 0 Å². The maximum absolute atomic E-state index is 5.23. The second-order valence-corrected chi connectivity index (χ2v) is 10.1. The zero-order valence-corrected chi connectivity index (χ0v) is 20.3. The Morgan fingerprint density at radius 2 is 1.11 bits per heavy atom. The van der Waals surface area contributed by atoms with E-state index < -0.39 is 0 Å². The third-order valence-electron chi connectivity index (χ3n) is 7.03. The summed E-state index contributed by atoms with van der Waals surface area (Å²) in [4.78, 5) is 10.3. The van der Waals surface area contributed by atoms with E-state index in [1.807, 2.05) is 6.07 Å². The summed E-state index contributed by atoms with van der Waals surface area (Å²) in [6.45, 7) is 4.44. The molecule has 0 amide bonds. The van der Waals surface area contributed by atoms with E-state index in [0.717, 1.165) is 32.9 Å². The average Bonchev–Trinajstić information content (AvgIpc) is 3.41. The molecule has 4 aromatic carbocycles. The van der Waals surface area contributed by atoms with Gasteiger partial charge in [0.2, 0.25) is 5.95 Å². The molecule has 1 aliphatic carbocycles. The van der Waals surface area contributed by atoms with Crippen molar-refractivity contribution in [3.63, 3.8) is 0 Å². The van der Waals surface area contributed by atoms with Crippen LogP contribution in [0.5, 0.6) is 0 Å². The fourth-order valence-electron chi connectivity index (χ4n) is 5.40. The van der Waals surface area contributed by atoms with E-state index in [4.69, 9.17) is 9.97 Å². The first kappa shape index (κ1) is 20.8. The van der Waals surface area contributed by atoms with Crippen molar-refractivity contribution >= 4 is 34.0 Å². The second-order valence-electron chi connectivity index (χ2n) is 10.1. The molecule has 36 heavy (non-hydrogen) atoms. The predicted molar refractivity (Wildman–Crippen MR) is 149 cm³/mol. The lowest BCUT2D eigenvalue weighted by molar-refractivity contribution is 0.723. The first-order valence-corrected chi connectivity index (χ1v) is 12.4. The van der Waals surface area contributed by atoms with E-state index in [0.29, 0.717) is 5.95 Å². The van der Waals surface area contributed by atoms with Crippen LogP contribution in [0.15, 0.2) is 103 Å². The Morgan fingerprint density at radius 1 is 0.556 bits per heavy atom. The minimum atomic E-state index is -0.0742. The van der Waals surface area contributed by atoms with E-state index in [1.54, 1.807) is 0 Å². The average molecular weight is 464 g/mol. The number of hydrogen-bond acceptors (Lipinski definition) is 2. The number of nitrogens with zero attached hydrogens (tertiary/aromatic N) is 3. The molecule has 0 unspecified atom stereocenters. The van der Waals surface area contributed by atoms with Gasteiger partial charge in [-0.1, -0.05) is 111 Å². The van der Waals surface area contributed by atoms with Crippen molar-refractivity contribution in [2.75, 3.05) is 0 Å². The molecule has 0 bridgehead atoms.